The number of rotatable bonds is 9. The fourth-order valence-corrected chi connectivity index (χ4v) is 5.42. The third-order valence-electron chi connectivity index (χ3n) is 7.19. The summed E-state index contributed by atoms with van der Waals surface area (Å²) < 4.78 is 32.7. The Labute approximate surface area is 205 Å². The third-order valence-corrected chi connectivity index (χ3v) is 8.46. The molecule has 35 heavy (non-hydrogen) atoms. The molecule has 0 unspecified atom stereocenters. The topological polar surface area (TPSA) is 134 Å². The van der Waals surface area contributed by atoms with Crippen molar-refractivity contribution in [3.63, 3.8) is 0 Å². The highest BCUT2D eigenvalue weighted by atomic mass is 32.2. The minimum atomic E-state index is -3.69. The number of amides is 1. The number of aromatic nitrogens is 2. The maximum absolute atomic E-state index is 13.3. The fourth-order valence-electron chi connectivity index (χ4n) is 4.59. The number of aliphatic hydroxyl groups excluding tert-OH is 1. The Balaban J connectivity index is 1.37. The van der Waals surface area contributed by atoms with E-state index in [4.69, 9.17) is 9.84 Å². The van der Waals surface area contributed by atoms with Gasteiger partial charge in [-0.3, -0.25) is 14.8 Å². The highest BCUT2D eigenvalue weighted by Crippen LogP contribution is 2.54. The van der Waals surface area contributed by atoms with Gasteiger partial charge in [-0.05, 0) is 68.6 Å². The lowest BCUT2D eigenvalue weighted by Crippen LogP contribution is -2.36. The molecule has 188 valence electrons. The number of carbonyl (C=O) groups is 1. The van der Waals surface area contributed by atoms with Crippen LogP contribution >= 0.6 is 0 Å². The molecule has 0 bridgehead atoms. The minimum Gasteiger partial charge on any atom is -0.474 e. The van der Waals surface area contributed by atoms with Gasteiger partial charge in [-0.15, -0.1) is 0 Å². The normalized spacial score (nSPS) is 19.2. The van der Waals surface area contributed by atoms with E-state index >= 15 is 0 Å². The largest absolute Gasteiger partial charge is 0.474 e. The van der Waals surface area contributed by atoms with Gasteiger partial charge in [-0.25, -0.2) is 13.4 Å². The summed E-state index contributed by atoms with van der Waals surface area (Å²) in [5, 5.41) is 11.8. The Bertz CT molecular complexity index is 1190. The lowest BCUT2D eigenvalue weighted by Gasteiger charge is -2.35. The summed E-state index contributed by atoms with van der Waals surface area (Å²) in [6, 6.07) is 6.52. The molecule has 3 fully saturated rings. The number of anilines is 3. The molecule has 1 spiro atoms. The SMILES string of the molecule is O=C(Nc1nccc(OC2CCC2)n1)c1ccc(NS(=O)(=O)CCO)cc1N1CCC2(CC1)CC2. The zero-order chi connectivity index (χ0) is 24.5. The lowest BCUT2D eigenvalue weighted by atomic mass is 9.93. The Morgan fingerprint density at radius 3 is 2.60 bits per heavy atom. The molecule has 3 aliphatic rings. The van der Waals surface area contributed by atoms with Crippen LogP contribution in [0.25, 0.3) is 0 Å². The van der Waals surface area contributed by atoms with E-state index in [2.05, 4.69) is 24.9 Å². The number of benzene rings is 1. The quantitative estimate of drug-likeness (QED) is 0.478. The van der Waals surface area contributed by atoms with Crippen molar-refractivity contribution in [3.8, 4) is 5.88 Å². The zero-order valence-corrected chi connectivity index (χ0v) is 20.4. The van der Waals surface area contributed by atoms with Crippen LogP contribution in [-0.2, 0) is 10.0 Å². The van der Waals surface area contributed by atoms with Gasteiger partial charge in [0.25, 0.3) is 5.91 Å². The highest BCUT2D eigenvalue weighted by Gasteiger charge is 2.44. The van der Waals surface area contributed by atoms with E-state index in [-0.39, 0.29) is 18.0 Å². The van der Waals surface area contributed by atoms with Crippen molar-refractivity contribution < 1.29 is 23.1 Å². The molecular formula is C24H31N5O5S. The first-order valence-electron chi connectivity index (χ1n) is 12.2. The van der Waals surface area contributed by atoms with Crippen LogP contribution in [0.1, 0.15) is 55.3 Å². The lowest BCUT2D eigenvalue weighted by molar-refractivity contribution is 0.102. The molecule has 0 radical (unpaired) electrons. The van der Waals surface area contributed by atoms with E-state index in [1.165, 1.54) is 12.8 Å². The second-order valence-corrected chi connectivity index (χ2v) is 11.5. The average Bonchev–Trinajstić information content (AvgIpc) is 3.55. The van der Waals surface area contributed by atoms with E-state index in [1.54, 1.807) is 30.5 Å². The fraction of sp³-hybridized carbons (Fsp3) is 0.542. The van der Waals surface area contributed by atoms with Crippen molar-refractivity contribution in [3.05, 3.63) is 36.0 Å². The Kier molecular flexibility index (Phi) is 6.54. The van der Waals surface area contributed by atoms with E-state index in [9.17, 15) is 13.2 Å². The monoisotopic (exact) mass is 501 g/mol. The van der Waals surface area contributed by atoms with E-state index in [0.29, 0.717) is 28.2 Å². The molecule has 3 N–H and O–H groups in total. The molecular weight excluding hydrogens is 470 g/mol. The number of hydrogen-bond acceptors (Lipinski definition) is 8. The van der Waals surface area contributed by atoms with Crippen molar-refractivity contribution in [2.45, 2.75) is 51.0 Å². The number of hydrogen-bond donors (Lipinski definition) is 3. The molecule has 1 aliphatic heterocycles. The van der Waals surface area contributed by atoms with Crippen LogP contribution in [0.3, 0.4) is 0 Å². The molecule has 1 aromatic carbocycles. The minimum absolute atomic E-state index is 0.154. The summed E-state index contributed by atoms with van der Waals surface area (Å²) in [5.74, 6) is -0.189. The van der Waals surface area contributed by atoms with Crippen LogP contribution in [0.15, 0.2) is 30.5 Å². The van der Waals surface area contributed by atoms with Crippen molar-refractivity contribution in [2.75, 3.05) is 40.4 Å². The van der Waals surface area contributed by atoms with Crippen LogP contribution in [-0.4, -0.2) is 61.0 Å². The number of piperidine rings is 1. The van der Waals surface area contributed by atoms with Gasteiger partial charge in [0.05, 0.1) is 29.3 Å². The van der Waals surface area contributed by atoms with E-state index in [0.717, 1.165) is 45.2 Å². The summed E-state index contributed by atoms with van der Waals surface area (Å²) in [4.78, 5) is 23.9. The molecule has 2 aromatic rings. The molecule has 0 atom stereocenters. The average molecular weight is 502 g/mol. The smallest absolute Gasteiger partial charge is 0.260 e. The molecule has 1 aromatic heterocycles. The van der Waals surface area contributed by atoms with Crippen LogP contribution in [0.2, 0.25) is 0 Å². The maximum atomic E-state index is 13.3. The number of ether oxygens (including phenoxy) is 1. The molecule has 11 heteroatoms. The molecule has 1 amide bonds. The van der Waals surface area contributed by atoms with Gasteiger partial charge in [0, 0.05) is 25.4 Å². The second-order valence-electron chi connectivity index (χ2n) is 9.71. The van der Waals surface area contributed by atoms with Gasteiger partial charge in [-0.2, -0.15) is 4.98 Å². The van der Waals surface area contributed by atoms with Gasteiger partial charge >= 0.3 is 0 Å². The summed E-state index contributed by atoms with van der Waals surface area (Å²) in [6.07, 6.45) is 9.48. The van der Waals surface area contributed by atoms with Gasteiger partial charge in [-0.1, -0.05) is 0 Å². The summed E-state index contributed by atoms with van der Waals surface area (Å²) in [6.45, 7) is 1.13. The van der Waals surface area contributed by atoms with Crippen molar-refractivity contribution in [2.24, 2.45) is 5.41 Å². The van der Waals surface area contributed by atoms with Crippen LogP contribution < -0.4 is 19.7 Å². The Morgan fingerprint density at radius 2 is 1.94 bits per heavy atom. The Hall–Kier alpha value is -2.92. The maximum Gasteiger partial charge on any atom is 0.260 e. The molecule has 10 nitrogen and oxygen atoms in total. The standard InChI is InChI=1S/C24H31N5O5S/c30-14-15-35(32,33)28-17-4-5-19(20(16-17)29-12-9-24(7-8-24)10-13-29)22(31)27-23-25-11-6-21(26-23)34-18-2-1-3-18/h4-6,11,16,18,28,30H,1-3,7-10,12-15H2,(H,25,26,27,31). The van der Waals surface area contributed by atoms with Crippen molar-refractivity contribution >= 4 is 33.3 Å². The number of sulfonamides is 1. The third kappa shape index (κ3) is 5.67. The number of nitrogens with zero attached hydrogens (tertiary/aromatic N) is 3. The first-order valence-corrected chi connectivity index (χ1v) is 13.8. The van der Waals surface area contributed by atoms with Crippen molar-refractivity contribution in [1.82, 2.24) is 9.97 Å². The second kappa shape index (κ2) is 9.62. The van der Waals surface area contributed by atoms with E-state index in [1.807, 2.05) is 0 Å². The van der Waals surface area contributed by atoms with Gasteiger partial charge in [0.2, 0.25) is 21.9 Å². The Morgan fingerprint density at radius 1 is 1.17 bits per heavy atom. The first-order chi connectivity index (χ1) is 16.8. The summed E-state index contributed by atoms with van der Waals surface area (Å²) >= 11 is 0. The van der Waals surface area contributed by atoms with Crippen molar-refractivity contribution in [1.29, 1.82) is 0 Å². The van der Waals surface area contributed by atoms with E-state index < -0.39 is 22.4 Å². The van der Waals surface area contributed by atoms with Gasteiger partial charge < -0.3 is 14.7 Å². The van der Waals surface area contributed by atoms with Crippen LogP contribution in [0.5, 0.6) is 5.88 Å². The molecule has 2 saturated carbocycles. The predicted molar refractivity (Wildman–Crippen MR) is 132 cm³/mol. The zero-order valence-electron chi connectivity index (χ0n) is 19.6. The number of carbonyl (C=O) groups excluding carboxylic acids is 1. The molecule has 2 heterocycles. The van der Waals surface area contributed by atoms with Gasteiger partial charge in [0.1, 0.15) is 6.10 Å². The first kappa shape index (κ1) is 23.8. The summed E-state index contributed by atoms with van der Waals surface area (Å²) in [5.41, 5.74) is 1.87. The van der Waals surface area contributed by atoms with Crippen LogP contribution in [0.4, 0.5) is 17.3 Å². The molecule has 1 saturated heterocycles. The molecule has 5 rings (SSSR count). The molecule has 2 aliphatic carbocycles. The predicted octanol–water partition coefficient (Wildman–Crippen LogP) is 2.77. The van der Waals surface area contributed by atoms with Gasteiger partial charge in [0.15, 0.2) is 0 Å². The number of nitrogens with one attached hydrogen (secondary N) is 2. The number of aliphatic hydroxyl groups is 1. The summed E-state index contributed by atoms with van der Waals surface area (Å²) in [7, 11) is -3.69. The van der Waals surface area contributed by atoms with Crippen LogP contribution in [0, 0.1) is 5.41 Å². The highest BCUT2D eigenvalue weighted by molar-refractivity contribution is 7.92.